The zero-order valence-electron chi connectivity index (χ0n) is 18.2. The Morgan fingerprint density at radius 3 is 2.26 bits per heavy atom. The molecule has 3 amide bonds. The Labute approximate surface area is 193 Å². The molecule has 0 saturated carbocycles. The quantitative estimate of drug-likeness (QED) is 0.319. The van der Waals surface area contributed by atoms with E-state index < -0.39 is 22.6 Å². The highest BCUT2D eigenvalue weighted by Crippen LogP contribution is 2.37. The van der Waals surface area contributed by atoms with Crippen LogP contribution in [0.1, 0.15) is 38.0 Å². The van der Waals surface area contributed by atoms with Gasteiger partial charge in [0.25, 0.3) is 17.7 Å². The normalized spacial score (nSPS) is 12.4. The molecule has 10 nitrogen and oxygen atoms in total. The summed E-state index contributed by atoms with van der Waals surface area (Å²) in [6.07, 6.45) is 0. The van der Waals surface area contributed by atoms with Gasteiger partial charge in [-0.05, 0) is 43.3 Å². The van der Waals surface area contributed by atoms with Crippen molar-refractivity contribution < 1.29 is 28.8 Å². The number of benzene rings is 3. The fourth-order valence-corrected chi connectivity index (χ4v) is 3.63. The van der Waals surface area contributed by atoms with Crippen molar-refractivity contribution >= 4 is 34.8 Å². The van der Waals surface area contributed by atoms with Gasteiger partial charge in [0.2, 0.25) is 0 Å². The Balaban J connectivity index is 1.60. The highest BCUT2D eigenvalue weighted by molar-refractivity contribution is 6.34. The van der Waals surface area contributed by atoms with E-state index in [1.54, 1.807) is 31.2 Å². The molecule has 34 heavy (non-hydrogen) atoms. The van der Waals surface area contributed by atoms with Gasteiger partial charge < -0.3 is 14.8 Å². The van der Waals surface area contributed by atoms with E-state index >= 15 is 0 Å². The molecule has 1 aliphatic rings. The van der Waals surface area contributed by atoms with Crippen LogP contribution in [0.4, 0.5) is 17.1 Å². The topological polar surface area (TPSA) is 128 Å². The number of ether oxygens (including phenoxy) is 2. The fraction of sp³-hybridized carbons (Fsp3) is 0.125. The smallest absolute Gasteiger partial charge is 0.311 e. The molecule has 0 bridgehead atoms. The predicted molar refractivity (Wildman–Crippen MR) is 123 cm³/mol. The number of fused-ring (bicyclic) bond motifs is 1. The van der Waals surface area contributed by atoms with Crippen molar-refractivity contribution in [1.29, 1.82) is 0 Å². The summed E-state index contributed by atoms with van der Waals surface area (Å²) in [5.74, 6) is -1.29. The molecule has 0 spiro atoms. The van der Waals surface area contributed by atoms with Crippen LogP contribution in [-0.2, 0) is 0 Å². The van der Waals surface area contributed by atoms with Crippen molar-refractivity contribution in [2.75, 3.05) is 23.9 Å². The number of carbonyl (C=O) groups excluding carboxylic acids is 3. The van der Waals surface area contributed by atoms with E-state index in [1.807, 2.05) is 0 Å². The van der Waals surface area contributed by atoms with E-state index in [0.717, 1.165) is 11.0 Å². The van der Waals surface area contributed by atoms with Crippen molar-refractivity contribution in [3.63, 3.8) is 0 Å². The lowest BCUT2D eigenvalue weighted by molar-refractivity contribution is -0.385. The van der Waals surface area contributed by atoms with Gasteiger partial charge in [0.05, 0.1) is 35.5 Å². The van der Waals surface area contributed by atoms with Gasteiger partial charge in [-0.3, -0.25) is 24.5 Å². The maximum absolute atomic E-state index is 12.8. The van der Waals surface area contributed by atoms with Crippen LogP contribution in [0.3, 0.4) is 0 Å². The minimum Gasteiger partial charge on any atom is -0.494 e. The number of nitro groups is 1. The first-order valence-corrected chi connectivity index (χ1v) is 10.2. The van der Waals surface area contributed by atoms with Crippen LogP contribution in [0.15, 0.2) is 60.7 Å². The minimum atomic E-state index is -0.623. The number of nitrogens with zero attached hydrogens (tertiary/aromatic N) is 2. The molecule has 4 rings (SSSR count). The number of methoxy groups -OCH3 is 1. The first kappa shape index (κ1) is 22.5. The number of anilines is 2. The number of hydrogen-bond donors (Lipinski definition) is 1. The third kappa shape index (κ3) is 3.92. The summed E-state index contributed by atoms with van der Waals surface area (Å²) < 4.78 is 10.6. The lowest BCUT2D eigenvalue weighted by Gasteiger charge is -2.18. The SMILES string of the molecule is CCOc1ccc(C(=O)Nc2ccc(N3C(=O)c4ccccc4C3=O)c(OC)c2)cc1[N+](=O)[O-]. The van der Waals surface area contributed by atoms with Gasteiger partial charge in [0.15, 0.2) is 5.75 Å². The molecule has 172 valence electrons. The Morgan fingerprint density at radius 2 is 1.68 bits per heavy atom. The van der Waals surface area contributed by atoms with E-state index in [0.29, 0.717) is 16.8 Å². The van der Waals surface area contributed by atoms with Gasteiger partial charge in [-0.1, -0.05) is 12.1 Å². The molecule has 1 N–H and O–H groups in total. The standard InChI is InChI=1S/C24H19N3O7/c1-3-34-20-11-8-14(12-19(20)27(31)32)22(28)25-15-9-10-18(21(13-15)33-2)26-23(29)16-6-4-5-7-17(16)24(26)30/h4-13H,3H2,1-2H3,(H,25,28). The molecule has 0 radical (unpaired) electrons. The third-order valence-electron chi connectivity index (χ3n) is 5.19. The Hall–Kier alpha value is -4.73. The summed E-state index contributed by atoms with van der Waals surface area (Å²) >= 11 is 0. The van der Waals surface area contributed by atoms with Crippen LogP contribution in [0.5, 0.6) is 11.5 Å². The van der Waals surface area contributed by atoms with Gasteiger partial charge in [0, 0.05) is 23.4 Å². The molecule has 0 unspecified atom stereocenters. The van der Waals surface area contributed by atoms with E-state index in [9.17, 15) is 24.5 Å². The molecule has 1 heterocycles. The van der Waals surface area contributed by atoms with Crippen LogP contribution < -0.4 is 19.7 Å². The molecule has 3 aromatic rings. The minimum absolute atomic E-state index is 0.0542. The summed E-state index contributed by atoms with van der Waals surface area (Å²) in [7, 11) is 1.37. The first-order chi connectivity index (χ1) is 16.3. The molecule has 10 heteroatoms. The number of imide groups is 1. The van der Waals surface area contributed by atoms with Gasteiger partial charge in [-0.25, -0.2) is 4.90 Å². The number of nitro benzene ring substituents is 1. The average molecular weight is 461 g/mol. The van der Waals surface area contributed by atoms with E-state index in [-0.39, 0.29) is 35.0 Å². The van der Waals surface area contributed by atoms with Crippen molar-refractivity contribution in [2.45, 2.75) is 6.92 Å². The Morgan fingerprint density at radius 1 is 1.00 bits per heavy atom. The van der Waals surface area contributed by atoms with Gasteiger partial charge in [0.1, 0.15) is 5.75 Å². The van der Waals surface area contributed by atoms with Crippen molar-refractivity contribution in [1.82, 2.24) is 0 Å². The fourth-order valence-electron chi connectivity index (χ4n) is 3.63. The van der Waals surface area contributed by atoms with E-state index in [4.69, 9.17) is 9.47 Å². The second kappa shape index (κ2) is 9.02. The van der Waals surface area contributed by atoms with Gasteiger partial charge in [-0.15, -0.1) is 0 Å². The lowest BCUT2D eigenvalue weighted by Crippen LogP contribution is -2.29. The Kier molecular flexibility index (Phi) is 5.96. The number of carbonyl (C=O) groups is 3. The third-order valence-corrected chi connectivity index (χ3v) is 5.19. The van der Waals surface area contributed by atoms with Gasteiger partial charge in [-0.2, -0.15) is 0 Å². The predicted octanol–water partition coefficient (Wildman–Crippen LogP) is 4.06. The maximum atomic E-state index is 12.8. The number of hydrogen-bond acceptors (Lipinski definition) is 7. The highest BCUT2D eigenvalue weighted by Gasteiger charge is 2.37. The molecular formula is C24H19N3O7. The van der Waals surface area contributed by atoms with Crippen molar-refractivity contribution in [3.05, 3.63) is 87.5 Å². The van der Waals surface area contributed by atoms with E-state index in [1.165, 1.54) is 37.4 Å². The molecule has 3 aromatic carbocycles. The van der Waals surface area contributed by atoms with Crippen molar-refractivity contribution in [3.8, 4) is 11.5 Å². The molecule has 0 saturated heterocycles. The average Bonchev–Trinajstić information content (AvgIpc) is 3.09. The summed E-state index contributed by atoms with van der Waals surface area (Å²) in [6, 6.07) is 14.9. The molecule has 0 aromatic heterocycles. The van der Waals surface area contributed by atoms with E-state index in [2.05, 4.69) is 5.32 Å². The van der Waals surface area contributed by atoms with Crippen LogP contribution in [0, 0.1) is 10.1 Å². The second-order valence-corrected chi connectivity index (χ2v) is 7.20. The number of rotatable bonds is 7. The summed E-state index contributed by atoms with van der Waals surface area (Å²) in [4.78, 5) is 50.0. The molecule has 0 aliphatic carbocycles. The summed E-state index contributed by atoms with van der Waals surface area (Å²) in [6.45, 7) is 1.94. The first-order valence-electron chi connectivity index (χ1n) is 10.2. The van der Waals surface area contributed by atoms with Crippen LogP contribution >= 0.6 is 0 Å². The zero-order chi connectivity index (χ0) is 24.4. The van der Waals surface area contributed by atoms with Crippen LogP contribution in [0.2, 0.25) is 0 Å². The second-order valence-electron chi connectivity index (χ2n) is 7.20. The molecule has 1 aliphatic heterocycles. The van der Waals surface area contributed by atoms with Crippen LogP contribution in [0.25, 0.3) is 0 Å². The summed E-state index contributed by atoms with van der Waals surface area (Å²) in [5.41, 5.74) is 0.849. The Bertz CT molecular complexity index is 1300. The van der Waals surface area contributed by atoms with Crippen LogP contribution in [-0.4, -0.2) is 36.4 Å². The van der Waals surface area contributed by atoms with Gasteiger partial charge >= 0.3 is 5.69 Å². The molecule has 0 fully saturated rings. The number of nitrogens with one attached hydrogen (secondary N) is 1. The molecule has 0 atom stereocenters. The summed E-state index contributed by atoms with van der Waals surface area (Å²) in [5, 5.41) is 14.0. The monoisotopic (exact) mass is 461 g/mol. The highest BCUT2D eigenvalue weighted by atomic mass is 16.6. The molecular weight excluding hydrogens is 442 g/mol. The number of amides is 3. The largest absolute Gasteiger partial charge is 0.494 e. The van der Waals surface area contributed by atoms with Crippen molar-refractivity contribution in [2.24, 2.45) is 0 Å². The zero-order valence-corrected chi connectivity index (χ0v) is 18.2. The maximum Gasteiger partial charge on any atom is 0.311 e. The lowest BCUT2D eigenvalue weighted by atomic mass is 10.1.